The number of hydrogen-bond donors (Lipinski definition) is 1. The zero-order valence-electron chi connectivity index (χ0n) is 14.7. The summed E-state index contributed by atoms with van der Waals surface area (Å²) < 4.78 is 6.20. The molecular weight excluding hydrogens is 264 g/mol. The second-order valence-corrected chi connectivity index (χ2v) is 12.6. The molecular formula is C17H36O2Si. The molecule has 0 aromatic carbocycles. The van der Waals surface area contributed by atoms with Crippen LogP contribution >= 0.6 is 0 Å². The summed E-state index contributed by atoms with van der Waals surface area (Å²) in [5, 5.41) is 10.2. The number of hydrogen-bond acceptors (Lipinski definition) is 2. The van der Waals surface area contributed by atoms with Gasteiger partial charge in [-0.15, -0.1) is 6.58 Å². The van der Waals surface area contributed by atoms with E-state index in [1.54, 1.807) is 0 Å². The van der Waals surface area contributed by atoms with Gasteiger partial charge in [0, 0.05) is 6.61 Å². The minimum Gasteiger partial charge on any atom is -0.417 e. The van der Waals surface area contributed by atoms with Crippen LogP contribution in [-0.2, 0) is 4.43 Å². The Bertz CT molecular complexity index is 281. The molecule has 0 saturated carbocycles. The summed E-state index contributed by atoms with van der Waals surface area (Å²) in [6.45, 7) is 20.3. The number of rotatable bonds is 9. The molecule has 0 aliphatic carbocycles. The maximum Gasteiger partial charge on any atom is 0.191 e. The SMILES string of the molecule is C=C[C@H](C)[C@@H](O)CC[C@H](C)CCO[Si](C)(C)C(C)(C)C. The van der Waals surface area contributed by atoms with Crippen molar-refractivity contribution in [1.82, 2.24) is 0 Å². The lowest BCUT2D eigenvalue weighted by molar-refractivity contribution is 0.118. The summed E-state index contributed by atoms with van der Waals surface area (Å²) in [6, 6.07) is 0. The van der Waals surface area contributed by atoms with E-state index in [9.17, 15) is 5.11 Å². The van der Waals surface area contributed by atoms with Gasteiger partial charge in [-0.2, -0.15) is 0 Å². The standard InChI is InChI=1S/C17H36O2Si/c1-9-15(3)16(18)11-10-14(2)12-13-19-20(7,8)17(4,5)6/h9,14-16,18H,1,10-13H2,2-8H3/t14-,15-,16-/m0/s1. The highest BCUT2D eigenvalue weighted by Gasteiger charge is 2.36. The van der Waals surface area contributed by atoms with Crippen LogP contribution in [0, 0.1) is 11.8 Å². The first kappa shape index (κ1) is 19.9. The van der Waals surface area contributed by atoms with Gasteiger partial charge in [0.05, 0.1) is 6.10 Å². The Kier molecular flexibility index (Phi) is 8.30. The number of aliphatic hydroxyl groups is 1. The van der Waals surface area contributed by atoms with Gasteiger partial charge in [-0.1, -0.05) is 40.7 Å². The minimum absolute atomic E-state index is 0.186. The Labute approximate surface area is 127 Å². The second-order valence-electron chi connectivity index (χ2n) is 7.74. The van der Waals surface area contributed by atoms with Crippen molar-refractivity contribution in [3.63, 3.8) is 0 Å². The molecule has 3 heteroatoms. The van der Waals surface area contributed by atoms with Crippen molar-refractivity contribution in [3.8, 4) is 0 Å². The van der Waals surface area contributed by atoms with Gasteiger partial charge in [0.15, 0.2) is 8.32 Å². The van der Waals surface area contributed by atoms with Crippen LogP contribution in [0.15, 0.2) is 12.7 Å². The van der Waals surface area contributed by atoms with E-state index in [0.717, 1.165) is 25.9 Å². The van der Waals surface area contributed by atoms with Gasteiger partial charge in [-0.05, 0) is 49.2 Å². The molecule has 0 heterocycles. The predicted molar refractivity (Wildman–Crippen MR) is 91.5 cm³/mol. The van der Waals surface area contributed by atoms with Crippen molar-refractivity contribution in [2.75, 3.05) is 6.61 Å². The van der Waals surface area contributed by atoms with E-state index in [1.807, 2.05) is 13.0 Å². The summed E-state index contributed by atoms with van der Waals surface area (Å²) in [4.78, 5) is 0. The zero-order valence-corrected chi connectivity index (χ0v) is 15.7. The molecule has 1 N–H and O–H groups in total. The third kappa shape index (κ3) is 7.05. The Morgan fingerprint density at radius 2 is 1.70 bits per heavy atom. The number of aliphatic hydroxyl groups excluding tert-OH is 1. The van der Waals surface area contributed by atoms with E-state index < -0.39 is 8.32 Å². The Morgan fingerprint density at radius 3 is 2.15 bits per heavy atom. The first-order valence-electron chi connectivity index (χ1n) is 7.96. The molecule has 0 aliphatic heterocycles. The van der Waals surface area contributed by atoms with Crippen LogP contribution < -0.4 is 0 Å². The third-order valence-corrected chi connectivity index (χ3v) is 9.35. The highest BCUT2D eigenvalue weighted by molar-refractivity contribution is 6.74. The fraction of sp³-hybridized carbons (Fsp3) is 0.882. The lowest BCUT2D eigenvalue weighted by Gasteiger charge is -2.36. The molecule has 0 bridgehead atoms. The summed E-state index contributed by atoms with van der Waals surface area (Å²) in [5.74, 6) is 0.789. The maximum absolute atomic E-state index is 9.93. The highest BCUT2D eigenvalue weighted by atomic mass is 28.4. The molecule has 0 saturated heterocycles. The zero-order chi connectivity index (χ0) is 16.0. The smallest absolute Gasteiger partial charge is 0.191 e. The van der Waals surface area contributed by atoms with Crippen LogP contribution in [-0.4, -0.2) is 26.1 Å². The van der Waals surface area contributed by atoms with E-state index in [1.165, 1.54) is 0 Å². The topological polar surface area (TPSA) is 29.5 Å². The Hall–Kier alpha value is -0.123. The molecule has 0 aromatic rings. The van der Waals surface area contributed by atoms with Crippen LogP contribution in [0.1, 0.15) is 53.9 Å². The van der Waals surface area contributed by atoms with Gasteiger partial charge in [-0.3, -0.25) is 0 Å². The van der Waals surface area contributed by atoms with E-state index in [2.05, 4.69) is 47.4 Å². The molecule has 0 aliphatic rings. The van der Waals surface area contributed by atoms with Crippen LogP contribution in [0.2, 0.25) is 18.1 Å². The molecule has 0 amide bonds. The molecule has 20 heavy (non-hydrogen) atoms. The summed E-state index contributed by atoms with van der Waals surface area (Å²) in [6.07, 6.45) is 4.57. The van der Waals surface area contributed by atoms with Gasteiger partial charge in [0.2, 0.25) is 0 Å². The first-order valence-corrected chi connectivity index (χ1v) is 10.9. The molecule has 0 aromatic heterocycles. The van der Waals surface area contributed by atoms with Gasteiger partial charge in [-0.25, -0.2) is 0 Å². The molecule has 120 valence electrons. The van der Waals surface area contributed by atoms with Crippen LogP contribution in [0.25, 0.3) is 0 Å². The van der Waals surface area contributed by atoms with E-state index in [0.29, 0.717) is 5.92 Å². The lowest BCUT2D eigenvalue weighted by Crippen LogP contribution is -2.41. The lowest BCUT2D eigenvalue weighted by atomic mass is 9.94. The molecule has 0 rings (SSSR count). The predicted octanol–water partition coefficient (Wildman–Crippen LogP) is 5.00. The monoisotopic (exact) mass is 300 g/mol. The van der Waals surface area contributed by atoms with Crippen molar-refractivity contribution in [2.24, 2.45) is 11.8 Å². The van der Waals surface area contributed by atoms with E-state index in [4.69, 9.17) is 4.43 Å². The summed E-state index contributed by atoms with van der Waals surface area (Å²) >= 11 is 0. The van der Waals surface area contributed by atoms with Crippen molar-refractivity contribution in [1.29, 1.82) is 0 Å². The average Bonchev–Trinajstić information content (AvgIpc) is 2.33. The van der Waals surface area contributed by atoms with Crippen LogP contribution in [0.5, 0.6) is 0 Å². The van der Waals surface area contributed by atoms with E-state index in [-0.39, 0.29) is 17.1 Å². The van der Waals surface area contributed by atoms with E-state index >= 15 is 0 Å². The van der Waals surface area contributed by atoms with Crippen LogP contribution in [0.3, 0.4) is 0 Å². The fourth-order valence-corrected chi connectivity index (χ4v) is 2.81. The van der Waals surface area contributed by atoms with Crippen molar-refractivity contribution >= 4 is 8.32 Å². The molecule has 0 radical (unpaired) electrons. The fourth-order valence-electron chi connectivity index (χ4n) is 1.75. The largest absolute Gasteiger partial charge is 0.417 e. The quantitative estimate of drug-likeness (QED) is 0.480. The second kappa shape index (κ2) is 8.35. The van der Waals surface area contributed by atoms with Crippen molar-refractivity contribution < 1.29 is 9.53 Å². The molecule has 0 unspecified atom stereocenters. The van der Waals surface area contributed by atoms with Crippen molar-refractivity contribution in [2.45, 2.75) is 78.1 Å². The molecule has 0 spiro atoms. The first-order chi connectivity index (χ1) is 9.01. The van der Waals surface area contributed by atoms with Gasteiger partial charge >= 0.3 is 0 Å². The highest BCUT2D eigenvalue weighted by Crippen LogP contribution is 2.36. The average molecular weight is 301 g/mol. The van der Waals surface area contributed by atoms with Crippen LogP contribution in [0.4, 0.5) is 0 Å². The summed E-state index contributed by atoms with van der Waals surface area (Å²) in [5.41, 5.74) is 0. The molecule has 3 atom stereocenters. The van der Waals surface area contributed by atoms with Gasteiger partial charge in [0.25, 0.3) is 0 Å². The maximum atomic E-state index is 9.93. The molecule has 2 nitrogen and oxygen atoms in total. The Balaban J connectivity index is 3.95. The van der Waals surface area contributed by atoms with Crippen molar-refractivity contribution in [3.05, 3.63) is 12.7 Å². The minimum atomic E-state index is -1.60. The Morgan fingerprint density at radius 1 is 1.15 bits per heavy atom. The van der Waals surface area contributed by atoms with Gasteiger partial charge < -0.3 is 9.53 Å². The molecule has 0 fully saturated rings. The summed E-state index contributed by atoms with van der Waals surface area (Å²) in [7, 11) is -1.60. The third-order valence-electron chi connectivity index (χ3n) is 4.81. The van der Waals surface area contributed by atoms with Gasteiger partial charge in [0.1, 0.15) is 0 Å². The normalized spacial score (nSPS) is 17.6.